The van der Waals surface area contributed by atoms with Crippen LogP contribution in [0.15, 0.2) is 79.0 Å². The fourth-order valence-electron chi connectivity index (χ4n) is 3.31. The highest BCUT2D eigenvalue weighted by atomic mass is 14.9. The molecule has 2 heteroatoms. The third kappa shape index (κ3) is 2.77. The molecule has 0 bridgehead atoms. The van der Waals surface area contributed by atoms with Crippen LogP contribution in [-0.2, 0) is 6.54 Å². The molecule has 2 nitrogen and oxygen atoms in total. The maximum atomic E-state index is 4.54. The minimum absolute atomic E-state index is 0.273. The summed E-state index contributed by atoms with van der Waals surface area (Å²) in [5.41, 5.74) is 3.65. The van der Waals surface area contributed by atoms with Crippen LogP contribution in [-0.4, -0.2) is 4.98 Å². The van der Waals surface area contributed by atoms with Gasteiger partial charge in [0, 0.05) is 24.2 Å². The summed E-state index contributed by atoms with van der Waals surface area (Å²) in [4.78, 5) is 4.54. The Labute approximate surface area is 142 Å². The van der Waals surface area contributed by atoms with E-state index in [-0.39, 0.29) is 6.04 Å². The van der Waals surface area contributed by atoms with E-state index in [1.54, 1.807) is 0 Å². The monoisotopic (exact) mass is 312 g/mol. The van der Waals surface area contributed by atoms with Crippen LogP contribution in [0.5, 0.6) is 0 Å². The van der Waals surface area contributed by atoms with E-state index in [9.17, 15) is 0 Å². The van der Waals surface area contributed by atoms with Crippen molar-refractivity contribution in [1.82, 2.24) is 10.3 Å². The number of fused-ring (bicyclic) bond motifs is 2. The summed E-state index contributed by atoms with van der Waals surface area (Å²) in [5.74, 6) is 0. The van der Waals surface area contributed by atoms with Crippen molar-refractivity contribution in [3.05, 3.63) is 90.1 Å². The number of rotatable bonds is 4. The lowest BCUT2D eigenvalue weighted by Gasteiger charge is -2.17. The average molecular weight is 312 g/mol. The molecule has 1 N–H and O–H groups in total. The van der Waals surface area contributed by atoms with Gasteiger partial charge in [-0.1, -0.05) is 66.7 Å². The molecule has 4 rings (SSSR count). The van der Waals surface area contributed by atoms with E-state index >= 15 is 0 Å². The number of aromatic nitrogens is 1. The summed E-state index contributed by atoms with van der Waals surface area (Å²) in [6.45, 7) is 3.03. The zero-order chi connectivity index (χ0) is 16.4. The highest BCUT2D eigenvalue weighted by molar-refractivity contribution is 5.86. The number of benzene rings is 3. The van der Waals surface area contributed by atoms with Crippen molar-refractivity contribution in [1.29, 1.82) is 0 Å². The van der Waals surface area contributed by atoms with Crippen molar-refractivity contribution < 1.29 is 0 Å². The van der Waals surface area contributed by atoms with Crippen LogP contribution in [0.25, 0.3) is 21.7 Å². The normalized spacial score (nSPS) is 12.5. The van der Waals surface area contributed by atoms with Gasteiger partial charge in [-0.3, -0.25) is 4.98 Å². The van der Waals surface area contributed by atoms with E-state index < -0.39 is 0 Å². The Hall–Kier alpha value is -2.71. The molecule has 0 saturated carbocycles. The van der Waals surface area contributed by atoms with Gasteiger partial charge in [0.25, 0.3) is 0 Å². The molecule has 3 aromatic carbocycles. The van der Waals surface area contributed by atoms with Crippen molar-refractivity contribution in [3.8, 4) is 0 Å². The predicted octanol–water partition coefficient (Wildman–Crippen LogP) is 5.24. The van der Waals surface area contributed by atoms with Gasteiger partial charge in [0.15, 0.2) is 0 Å². The SMILES string of the molecule is CC(NCc1cccc2cccnc12)c1cccc2ccccc12. The van der Waals surface area contributed by atoms with E-state index in [2.05, 4.69) is 84.0 Å². The second-order valence-corrected chi connectivity index (χ2v) is 6.16. The predicted molar refractivity (Wildman–Crippen MR) is 101 cm³/mol. The molecule has 0 radical (unpaired) electrons. The zero-order valence-electron chi connectivity index (χ0n) is 13.7. The third-order valence-electron chi connectivity index (χ3n) is 4.60. The Morgan fingerprint density at radius 2 is 1.58 bits per heavy atom. The van der Waals surface area contributed by atoms with Crippen LogP contribution in [0, 0.1) is 0 Å². The second kappa shape index (κ2) is 6.42. The van der Waals surface area contributed by atoms with E-state index in [4.69, 9.17) is 0 Å². The molecule has 0 aliphatic heterocycles. The van der Waals surface area contributed by atoms with E-state index in [0.717, 1.165) is 12.1 Å². The molecule has 1 heterocycles. The van der Waals surface area contributed by atoms with Crippen molar-refractivity contribution in [2.75, 3.05) is 0 Å². The zero-order valence-corrected chi connectivity index (χ0v) is 13.7. The van der Waals surface area contributed by atoms with Crippen LogP contribution >= 0.6 is 0 Å². The summed E-state index contributed by atoms with van der Waals surface area (Å²) in [7, 11) is 0. The van der Waals surface area contributed by atoms with Gasteiger partial charge in [0.05, 0.1) is 5.52 Å². The van der Waals surface area contributed by atoms with Gasteiger partial charge >= 0.3 is 0 Å². The van der Waals surface area contributed by atoms with E-state index in [1.807, 2.05) is 12.3 Å². The Morgan fingerprint density at radius 3 is 2.54 bits per heavy atom. The highest BCUT2D eigenvalue weighted by Crippen LogP contribution is 2.25. The quantitative estimate of drug-likeness (QED) is 0.557. The lowest BCUT2D eigenvalue weighted by atomic mass is 9.99. The molecular formula is C22H20N2. The molecule has 0 amide bonds. The summed E-state index contributed by atoms with van der Waals surface area (Å²) in [6, 6.07) is 25.8. The number of nitrogens with zero attached hydrogens (tertiary/aromatic N) is 1. The maximum absolute atomic E-state index is 4.54. The average Bonchev–Trinajstić information content (AvgIpc) is 2.65. The number of para-hydroxylation sites is 1. The van der Waals surface area contributed by atoms with Crippen LogP contribution in [0.1, 0.15) is 24.1 Å². The van der Waals surface area contributed by atoms with Gasteiger partial charge in [0.1, 0.15) is 0 Å². The van der Waals surface area contributed by atoms with Gasteiger partial charge < -0.3 is 5.32 Å². The van der Waals surface area contributed by atoms with Gasteiger partial charge in [0.2, 0.25) is 0 Å². The Morgan fingerprint density at radius 1 is 0.833 bits per heavy atom. The van der Waals surface area contributed by atoms with Gasteiger partial charge in [-0.05, 0) is 34.9 Å². The topological polar surface area (TPSA) is 24.9 Å². The molecule has 0 spiro atoms. The molecule has 1 unspecified atom stereocenters. The lowest BCUT2D eigenvalue weighted by molar-refractivity contribution is 0.579. The Balaban J connectivity index is 1.61. The summed E-state index contributed by atoms with van der Waals surface area (Å²) in [5, 5.41) is 7.45. The van der Waals surface area contributed by atoms with E-state index in [1.165, 1.54) is 27.3 Å². The first-order valence-electron chi connectivity index (χ1n) is 8.36. The number of hydrogen-bond donors (Lipinski definition) is 1. The van der Waals surface area contributed by atoms with Crippen molar-refractivity contribution in [2.24, 2.45) is 0 Å². The van der Waals surface area contributed by atoms with E-state index in [0.29, 0.717) is 0 Å². The van der Waals surface area contributed by atoms with Gasteiger partial charge in [-0.2, -0.15) is 0 Å². The van der Waals surface area contributed by atoms with Crippen LogP contribution < -0.4 is 5.32 Å². The molecule has 1 aromatic heterocycles. The first-order chi connectivity index (χ1) is 11.8. The van der Waals surface area contributed by atoms with Crippen LogP contribution in [0.4, 0.5) is 0 Å². The standard InChI is InChI=1S/C22H20N2/c1-16(20-13-5-8-17-7-2-3-12-21(17)20)24-15-19-10-4-9-18-11-6-14-23-22(18)19/h2-14,16,24H,15H2,1H3. The molecule has 0 aliphatic carbocycles. The summed E-state index contributed by atoms with van der Waals surface area (Å²) >= 11 is 0. The van der Waals surface area contributed by atoms with Crippen molar-refractivity contribution in [3.63, 3.8) is 0 Å². The number of pyridine rings is 1. The summed E-state index contributed by atoms with van der Waals surface area (Å²) < 4.78 is 0. The minimum Gasteiger partial charge on any atom is -0.306 e. The molecule has 4 aromatic rings. The molecule has 0 fully saturated rings. The van der Waals surface area contributed by atoms with Gasteiger partial charge in [-0.25, -0.2) is 0 Å². The lowest BCUT2D eigenvalue weighted by Crippen LogP contribution is -2.18. The Bertz CT molecular complexity index is 980. The molecular weight excluding hydrogens is 292 g/mol. The highest BCUT2D eigenvalue weighted by Gasteiger charge is 2.09. The van der Waals surface area contributed by atoms with Crippen molar-refractivity contribution in [2.45, 2.75) is 19.5 Å². The summed E-state index contributed by atoms with van der Waals surface area (Å²) in [6.07, 6.45) is 1.86. The van der Waals surface area contributed by atoms with Crippen LogP contribution in [0.3, 0.4) is 0 Å². The second-order valence-electron chi connectivity index (χ2n) is 6.16. The van der Waals surface area contributed by atoms with Crippen molar-refractivity contribution >= 4 is 21.7 Å². The first kappa shape index (κ1) is 14.9. The third-order valence-corrected chi connectivity index (χ3v) is 4.60. The largest absolute Gasteiger partial charge is 0.306 e. The molecule has 0 saturated heterocycles. The van der Waals surface area contributed by atoms with Gasteiger partial charge in [-0.15, -0.1) is 0 Å². The fraction of sp³-hybridized carbons (Fsp3) is 0.136. The minimum atomic E-state index is 0.273. The Kier molecular flexibility index (Phi) is 3.97. The number of nitrogens with one attached hydrogen (secondary N) is 1. The fourth-order valence-corrected chi connectivity index (χ4v) is 3.31. The number of hydrogen-bond acceptors (Lipinski definition) is 2. The maximum Gasteiger partial charge on any atom is 0.0746 e. The van der Waals surface area contributed by atoms with Crippen LogP contribution in [0.2, 0.25) is 0 Å². The molecule has 118 valence electrons. The first-order valence-corrected chi connectivity index (χ1v) is 8.36. The smallest absolute Gasteiger partial charge is 0.0746 e. The molecule has 0 aliphatic rings. The molecule has 24 heavy (non-hydrogen) atoms. The molecule has 1 atom stereocenters.